The predicted octanol–water partition coefficient (Wildman–Crippen LogP) is 1.77. The number of nitrogens with one attached hydrogen (secondary N) is 2. The van der Waals surface area contributed by atoms with E-state index in [9.17, 15) is 0 Å². The Balaban J connectivity index is 2.04. The molecule has 0 radical (unpaired) electrons. The van der Waals surface area contributed by atoms with Gasteiger partial charge in [-0.3, -0.25) is 0 Å². The lowest BCUT2D eigenvalue weighted by atomic mass is 10.5. The molecule has 11 heavy (non-hydrogen) atoms. The molecule has 0 fully saturated rings. The van der Waals surface area contributed by atoms with Gasteiger partial charge in [0.2, 0.25) is 0 Å². The summed E-state index contributed by atoms with van der Waals surface area (Å²) in [6.45, 7) is 5.21. The van der Waals surface area contributed by atoms with Crippen LogP contribution in [0.3, 0.4) is 0 Å². The summed E-state index contributed by atoms with van der Waals surface area (Å²) in [6.07, 6.45) is 0. The maximum Gasteiger partial charge on any atom is 0.0882 e. The maximum atomic E-state index is 3.32. The van der Waals surface area contributed by atoms with Gasteiger partial charge in [0.25, 0.3) is 0 Å². The van der Waals surface area contributed by atoms with Crippen molar-refractivity contribution in [2.24, 2.45) is 0 Å². The van der Waals surface area contributed by atoms with Gasteiger partial charge in [-0.15, -0.1) is 11.3 Å². The molecule has 1 heterocycles. The summed E-state index contributed by atoms with van der Waals surface area (Å²) in [4.78, 5) is 0. The molecule has 0 saturated carbocycles. The number of thiophene rings is 1. The van der Waals surface area contributed by atoms with Crippen molar-refractivity contribution in [2.75, 3.05) is 25.0 Å². The molecule has 0 unspecified atom stereocenters. The fourth-order valence-electron chi connectivity index (χ4n) is 0.830. The normalized spacial score (nSPS) is 9.91. The summed E-state index contributed by atoms with van der Waals surface area (Å²) < 4.78 is 0. The van der Waals surface area contributed by atoms with Crippen molar-refractivity contribution in [1.29, 1.82) is 0 Å². The van der Waals surface area contributed by atoms with Crippen molar-refractivity contribution >= 4 is 16.3 Å². The molecule has 0 spiro atoms. The van der Waals surface area contributed by atoms with Crippen LogP contribution in [0, 0.1) is 0 Å². The first-order valence-electron chi connectivity index (χ1n) is 3.91. The lowest BCUT2D eigenvalue weighted by Crippen LogP contribution is -2.21. The number of anilines is 1. The molecular formula is C8H14N2S. The van der Waals surface area contributed by atoms with Crippen LogP contribution >= 0.6 is 11.3 Å². The topological polar surface area (TPSA) is 24.1 Å². The van der Waals surface area contributed by atoms with Crippen molar-refractivity contribution in [1.82, 2.24) is 5.32 Å². The highest BCUT2D eigenvalue weighted by Gasteiger charge is 1.88. The van der Waals surface area contributed by atoms with Crippen molar-refractivity contribution in [3.63, 3.8) is 0 Å². The quantitative estimate of drug-likeness (QED) is 0.658. The van der Waals surface area contributed by atoms with Crippen LogP contribution in [0.25, 0.3) is 0 Å². The molecule has 1 aromatic rings. The molecule has 2 nitrogen and oxygen atoms in total. The van der Waals surface area contributed by atoms with E-state index in [1.54, 1.807) is 11.3 Å². The summed E-state index contributed by atoms with van der Waals surface area (Å²) >= 11 is 1.74. The molecule has 1 rings (SSSR count). The summed E-state index contributed by atoms with van der Waals surface area (Å²) in [5.41, 5.74) is 0. The fourth-order valence-corrected chi connectivity index (χ4v) is 1.48. The molecule has 0 aliphatic carbocycles. The summed E-state index contributed by atoms with van der Waals surface area (Å²) in [5.74, 6) is 0. The minimum absolute atomic E-state index is 1.01. The van der Waals surface area contributed by atoms with Crippen molar-refractivity contribution < 1.29 is 0 Å². The zero-order chi connectivity index (χ0) is 7.94. The Bertz CT molecular complexity index is 172. The van der Waals surface area contributed by atoms with Crippen LogP contribution in [-0.4, -0.2) is 19.6 Å². The smallest absolute Gasteiger partial charge is 0.0882 e. The van der Waals surface area contributed by atoms with Gasteiger partial charge in [-0.25, -0.2) is 0 Å². The Morgan fingerprint density at radius 2 is 2.36 bits per heavy atom. The molecule has 0 bridgehead atoms. The Morgan fingerprint density at radius 1 is 1.45 bits per heavy atom. The third-order valence-electron chi connectivity index (χ3n) is 1.37. The van der Waals surface area contributed by atoms with Crippen LogP contribution in [0.2, 0.25) is 0 Å². The van der Waals surface area contributed by atoms with Gasteiger partial charge in [0, 0.05) is 13.1 Å². The van der Waals surface area contributed by atoms with Crippen LogP contribution in [0.1, 0.15) is 6.92 Å². The van der Waals surface area contributed by atoms with Gasteiger partial charge in [-0.2, -0.15) is 0 Å². The molecule has 62 valence electrons. The highest BCUT2D eigenvalue weighted by Crippen LogP contribution is 2.13. The molecule has 0 amide bonds. The number of hydrogen-bond donors (Lipinski definition) is 2. The molecule has 0 atom stereocenters. The summed E-state index contributed by atoms with van der Waals surface area (Å²) in [5, 5.41) is 9.90. The van der Waals surface area contributed by atoms with Crippen LogP contribution < -0.4 is 10.6 Å². The van der Waals surface area contributed by atoms with Gasteiger partial charge in [0.05, 0.1) is 5.00 Å². The van der Waals surface area contributed by atoms with Crippen LogP contribution in [0.4, 0.5) is 5.00 Å². The summed E-state index contributed by atoms with van der Waals surface area (Å²) in [6, 6.07) is 4.15. The number of likely N-dealkylation sites (N-methyl/N-ethyl adjacent to an activating group) is 1. The van der Waals surface area contributed by atoms with Crippen molar-refractivity contribution in [3.05, 3.63) is 17.5 Å². The van der Waals surface area contributed by atoms with Gasteiger partial charge in [0.1, 0.15) is 0 Å². The van der Waals surface area contributed by atoms with Crippen molar-refractivity contribution in [3.8, 4) is 0 Å². The van der Waals surface area contributed by atoms with Gasteiger partial charge < -0.3 is 10.6 Å². The van der Waals surface area contributed by atoms with E-state index >= 15 is 0 Å². The zero-order valence-electron chi connectivity index (χ0n) is 6.76. The first-order valence-corrected chi connectivity index (χ1v) is 4.79. The molecule has 0 saturated heterocycles. The molecular weight excluding hydrogens is 156 g/mol. The Kier molecular flexibility index (Phi) is 4.01. The molecule has 0 aliphatic heterocycles. The second kappa shape index (κ2) is 5.16. The van der Waals surface area contributed by atoms with E-state index in [2.05, 4.69) is 35.1 Å². The molecule has 2 N–H and O–H groups in total. The first kappa shape index (κ1) is 8.56. The van der Waals surface area contributed by atoms with E-state index in [0.717, 1.165) is 19.6 Å². The third-order valence-corrected chi connectivity index (χ3v) is 2.20. The SMILES string of the molecule is CCNCCNc1cccs1. The maximum absolute atomic E-state index is 3.32. The standard InChI is InChI=1S/C8H14N2S/c1-2-9-5-6-10-8-4-3-7-11-8/h3-4,7,9-10H,2,5-6H2,1H3. The number of hydrogen-bond acceptors (Lipinski definition) is 3. The first-order chi connectivity index (χ1) is 5.43. The predicted molar refractivity (Wildman–Crippen MR) is 51.4 cm³/mol. The van der Waals surface area contributed by atoms with E-state index in [1.165, 1.54) is 5.00 Å². The van der Waals surface area contributed by atoms with E-state index < -0.39 is 0 Å². The van der Waals surface area contributed by atoms with Gasteiger partial charge in [0.15, 0.2) is 0 Å². The highest BCUT2D eigenvalue weighted by molar-refractivity contribution is 7.14. The Hall–Kier alpha value is -0.540. The lowest BCUT2D eigenvalue weighted by Gasteiger charge is -2.02. The lowest BCUT2D eigenvalue weighted by molar-refractivity contribution is 0.739. The van der Waals surface area contributed by atoms with E-state index in [1.807, 2.05) is 0 Å². The average Bonchev–Trinajstić information content (AvgIpc) is 2.50. The Labute approximate surface area is 71.6 Å². The molecule has 3 heteroatoms. The second-order valence-corrected chi connectivity index (χ2v) is 3.21. The third kappa shape index (κ3) is 3.39. The molecule has 1 aromatic heterocycles. The van der Waals surface area contributed by atoms with Gasteiger partial charge in [-0.05, 0) is 24.1 Å². The summed E-state index contributed by atoms with van der Waals surface area (Å²) in [7, 11) is 0. The van der Waals surface area contributed by atoms with Gasteiger partial charge in [-0.1, -0.05) is 6.92 Å². The van der Waals surface area contributed by atoms with Crippen LogP contribution in [-0.2, 0) is 0 Å². The molecule has 0 aromatic carbocycles. The van der Waals surface area contributed by atoms with E-state index in [-0.39, 0.29) is 0 Å². The van der Waals surface area contributed by atoms with Crippen LogP contribution in [0.5, 0.6) is 0 Å². The second-order valence-electron chi connectivity index (χ2n) is 2.26. The average molecular weight is 170 g/mol. The minimum Gasteiger partial charge on any atom is -0.376 e. The highest BCUT2D eigenvalue weighted by atomic mass is 32.1. The van der Waals surface area contributed by atoms with E-state index in [0.29, 0.717) is 0 Å². The fraction of sp³-hybridized carbons (Fsp3) is 0.500. The number of rotatable bonds is 5. The largest absolute Gasteiger partial charge is 0.376 e. The minimum atomic E-state index is 1.01. The molecule has 0 aliphatic rings. The zero-order valence-corrected chi connectivity index (χ0v) is 7.58. The Morgan fingerprint density at radius 3 is 3.00 bits per heavy atom. The van der Waals surface area contributed by atoms with E-state index in [4.69, 9.17) is 0 Å². The van der Waals surface area contributed by atoms with Crippen LogP contribution in [0.15, 0.2) is 17.5 Å². The van der Waals surface area contributed by atoms with Gasteiger partial charge >= 0.3 is 0 Å². The van der Waals surface area contributed by atoms with Crippen molar-refractivity contribution in [2.45, 2.75) is 6.92 Å². The monoisotopic (exact) mass is 170 g/mol.